The second-order valence-electron chi connectivity index (χ2n) is 3.95. The fourth-order valence-electron chi connectivity index (χ4n) is 1.69. The summed E-state index contributed by atoms with van der Waals surface area (Å²) in [5.74, 6) is 1.13. The molecule has 0 spiro atoms. The van der Waals surface area contributed by atoms with Gasteiger partial charge in [-0.15, -0.1) is 24.8 Å². The minimum atomic E-state index is 0. The Balaban J connectivity index is -0.000000500. The minimum absolute atomic E-state index is 0. The lowest BCUT2D eigenvalue weighted by atomic mass is 9.69. The highest BCUT2D eigenvalue weighted by molar-refractivity contribution is 5.85. The molecule has 0 saturated carbocycles. The highest BCUT2D eigenvalue weighted by Crippen LogP contribution is 2.33. The third kappa shape index (κ3) is 4.03. The van der Waals surface area contributed by atoms with Crippen LogP contribution in [0.25, 0.3) is 0 Å². The Labute approximate surface area is 94.6 Å². The van der Waals surface area contributed by atoms with Gasteiger partial charge < -0.3 is 11.5 Å². The highest BCUT2D eigenvalue weighted by Gasteiger charge is 2.33. The zero-order valence-corrected chi connectivity index (χ0v) is 10.7. The fourth-order valence-corrected chi connectivity index (χ4v) is 1.69. The van der Waals surface area contributed by atoms with Crippen LogP contribution in [0.4, 0.5) is 0 Å². The van der Waals surface area contributed by atoms with Crippen molar-refractivity contribution in [2.45, 2.75) is 27.7 Å². The molecule has 0 aromatic carbocycles. The molecule has 0 aliphatic carbocycles. The van der Waals surface area contributed by atoms with Gasteiger partial charge in [-0.3, -0.25) is 0 Å². The van der Waals surface area contributed by atoms with E-state index in [1.165, 1.54) is 0 Å². The van der Waals surface area contributed by atoms with E-state index in [-0.39, 0.29) is 30.2 Å². The smallest absolute Gasteiger partial charge is 0.000351 e. The first-order valence-corrected chi connectivity index (χ1v) is 4.41. The highest BCUT2D eigenvalue weighted by atomic mass is 35.5. The fraction of sp³-hybridized carbons (Fsp3) is 1.00. The molecule has 13 heavy (non-hydrogen) atoms. The van der Waals surface area contributed by atoms with E-state index in [0.717, 1.165) is 0 Å². The topological polar surface area (TPSA) is 52.0 Å². The molecule has 84 valence electrons. The van der Waals surface area contributed by atoms with Crippen molar-refractivity contribution in [2.24, 2.45) is 28.7 Å². The molecule has 0 heterocycles. The Morgan fingerprint density at radius 1 is 0.846 bits per heavy atom. The van der Waals surface area contributed by atoms with Gasteiger partial charge in [0.1, 0.15) is 0 Å². The summed E-state index contributed by atoms with van der Waals surface area (Å²) in [6.45, 7) is 10.2. The lowest BCUT2D eigenvalue weighted by molar-refractivity contribution is 0.133. The molecule has 0 fully saturated rings. The molecule has 4 N–H and O–H groups in total. The zero-order chi connectivity index (χ0) is 9.07. The van der Waals surface area contributed by atoms with Crippen LogP contribution in [0.2, 0.25) is 0 Å². The molecule has 0 bridgehead atoms. The summed E-state index contributed by atoms with van der Waals surface area (Å²) < 4.78 is 0. The first kappa shape index (κ1) is 19.1. The van der Waals surface area contributed by atoms with Gasteiger partial charge in [0, 0.05) is 0 Å². The minimum Gasteiger partial charge on any atom is -0.330 e. The normalized spacial score (nSPS) is 11.1. The predicted octanol–water partition coefficient (Wildman–Crippen LogP) is 2.05. The van der Waals surface area contributed by atoms with E-state index < -0.39 is 0 Å². The summed E-state index contributed by atoms with van der Waals surface area (Å²) in [5.41, 5.74) is 11.6. The Kier molecular flexibility index (Phi) is 11.6. The van der Waals surface area contributed by atoms with Crippen molar-refractivity contribution in [1.82, 2.24) is 0 Å². The summed E-state index contributed by atoms with van der Waals surface area (Å²) in [6, 6.07) is 0. The van der Waals surface area contributed by atoms with Gasteiger partial charge in [0.25, 0.3) is 0 Å². The number of rotatable bonds is 4. The maximum absolute atomic E-state index is 5.74. The molecule has 0 atom stereocenters. The van der Waals surface area contributed by atoms with Gasteiger partial charge >= 0.3 is 0 Å². The maximum Gasteiger partial charge on any atom is -0.000351 e. The van der Waals surface area contributed by atoms with Gasteiger partial charge in [0.15, 0.2) is 0 Å². The monoisotopic (exact) mass is 230 g/mol. The molecule has 0 aliphatic rings. The van der Waals surface area contributed by atoms with Crippen LogP contribution >= 0.6 is 24.8 Å². The second kappa shape index (κ2) is 7.86. The van der Waals surface area contributed by atoms with Crippen LogP contribution in [0.15, 0.2) is 0 Å². The maximum atomic E-state index is 5.74. The van der Waals surface area contributed by atoms with Crippen molar-refractivity contribution in [1.29, 1.82) is 0 Å². The third-order valence-electron chi connectivity index (χ3n) is 3.06. The van der Waals surface area contributed by atoms with Crippen LogP contribution in [-0.4, -0.2) is 13.1 Å². The zero-order valence-electron chi connectivity index (χ0n) is 9.04. The Bertz CT molecular complexity index is 102. The summed E-state index contributed by atoms with van der Waals surface area (Å²) in [5, 5.41) is 0. The van der Waals surface area contributed by atoms with Crippen molar-refractivity contribution in [3.8, 4) is 0 Å². The molecule has 0 radical (unpaired) electrons. The molecule has 0 aliphatic heterocycles. The van der Waals surface area contributed by atoms with Crippen LogP contribution in [0.3, 0.4) is 0 Å². The van der Waals surface area contributed by atoms with Crippen molar-refractivity contribution in [3.63, 3.8) is 0 Å². The molecular weight excluding hydrogens is 207 g/mol. The average molecular weight is 231 g/mol. The Morgan fingerprint density at radius 3 is 1.08 bits per heavy atom. The van der Waals surface area contributed by atoms with Crippen molar-refractivity contribution in [2.75, 3.05) is 13.1 Å². The largest absolute Gasteiger partial charge is 0.330 e. The molecule has 0 unspecified atom stereocenters. The first-order chi connectivity index (χ1) is 5.01. The van der Waals surface area contributed by atoms with Crippen LogP contribution in [0.1, 0.15) is 27.7 Å². The van der Waals surface area contributed by atoms with Crippen LogP contribution in [0, 0.1) is 17.3 Å². The van der Waals surface area contributed by atoms with E-state index in [9.17, 15) is 0 Å². The van der Waals surface area contributed by atoms with Gasteiger partial charge in [-0.05, 0) is 30.3 Å². The molecule has 0 amide bonds. The molecule has 0 saturated heterocycles. The van der Waals surface area contributed by atoms with Crippen molar-refractivity contribution < 1.29 is 0 Å². The van der Waals surface area contributed by atoms with Crippen molar-refractivity contribution >= 4 is 24.8 Å². The average Bonchev–Trinajstić information content (AvgIpc) is 1.90. The van der Waals surface area contributed by atoms with E-state index in [4.69, 9.17) is 11.5 Å². The SMILES string of the molecule is CC(C)C(CN)(CN)C(C)C.Cl.Cl. The molecule has 2 nitrogen and oxygen atoms in total. The van der Waals surface area contributed by atoms with Crippen LogP contribution in [0.5, 0.6) is 0 Å². The van der Waals surface area contributed by atoms with E-state index in [0.29, 0.717) is 24.9 Å². The quantitative estimate of drug-likeness (QED) is 0.778. The molecule has 0 aromatic rings. The lowest BCUT2D eigenvalue weighted by Crippen LogP contribution is -2.46. The molecule has 0 rings (SSSR count). The number of hydrogen-bond donors (Lipinski definition) is 2. The van der Waals surface area contributed by atoms with Gasteiger partial charge in [-0.1, -0.05) is 27.7 Å². The lowest BCUT2D eigenvalue weighted by Gasteiger charge is -2.39. The number of halogens is 2. The van der Waals surface area contributed by atoms with E-state index in [1.807, 2.05) is 0 Å². The summed E-state index contributed by atoms with van der Waals surface area (Å²) >= 11 is 0. The van der Waals surface area contributed by atoms with E-state index >= 15 is 0 Å². The van der Waals surface area contributed by atoms with Crippen LogP contribution in [-0.2, 0) is 0 Å². The van der Waals surface area contributed by atoms with Gasteiger partial charge in [0.05, 0.1) is 0 Å². The Morgan fingerprint density at radius 2 is 1.08 bits per heavy atom. The second-order valence-corrected chi connectivity index (χ2v) is 3.95. The van der Waals surface area contributed by atoms with Gasteiger partial charge in [-0.25, -0.2) is 0 Å². The molecule has 0 aromatic heterocycles. The van der Waals surface area contributed by atoms with Crippen molar-refractivity contribution in [3.05, 3.63) is 0 Å². The van der Waals surface area contributed by atoms with E-state index in [2.05, 4.69) is 27.7 Å². The number of hydrogen-bond acceptors (Lipinski definition) is 2. The summed E-state index contributed by atoms with van der Waals surface area (Å²) in [7, 11) is 0. The Hall–Kier alpha value is 0.500. The molecular formula is C9H24Cl2N2. The van der Waals surface area contributed by atoms with Crippen LogP contribution < -0.4 is 11.5 Å². The predicted molar refractivity (Wildman–Crippen MR) is 64.7 cm³/mol. The third-order valence-corrected chi connectivity index (χ3v) is 3.06. The van der Waals surface area contributed by atoms with Gasteiger partial charge in [-0.2, -0.15) is 0 Å². The van der Waals surface area contributed by atoms with Gasteiger partial charge in [0.2, 0.25) is 0 Å². The summed E-state index contributed by atoms with van der Waals surface area (Å²) in [6.07, 6.45) is 0. The first-order valence-electron chi connectivity index (χ1n) is 4.41. The summed E-state index contributed by atoms with van der Waals surface area (Å²) in [4.78, 5) is 0. The van der Waals surface area contributed by atoms with E-state index in [1.54, 1.807) is 0 Å². The number of nitrogens with two attached hydrogens (primary N) is 2. The molecule has 4 heteroatoms. The standard InChI is InChI=1S/C9H22N2.2ClH/c1-7(2)9(5-10,6-11)8(3)4;;/h7-8H,5-6,10-11H2,1-4H3;2*1H.